The van der Waals surface area contributed by atoms with Crippen LogP contribution < -0.4 is 20.2 Å². The fourth-order valence-electron chi connectivity index (χ4n) is 2.80. The maximum absolute atomic E-state index is 12.4. The molecular formula is C19H26N6O3S. The number of carbonyl (C=O) groups is 1. The first-order valence-electron chi connectivity index (χ1n) is 9.45. The normalized spacial score (nSPS) is 14.9. The fourth-order valence-corrected chi connectivity index (χ4v) is 3.22. The van der Waals surface area contributed by atoms with Gasteiger partial charge in [-0.05, 0) is 39.1 Å². The van der Waals surface area contributed by atoms with Crippen molar-refractivity contribution in [3.05, 3.63) is 37.1 Å². The van der Waals surface area contributed by atoms with Gasteiger partial charge in [0.2, 0.25) is 5.88 Å². The molecule has 0 aromatic carbocycles. The molecule has 0 aliphatic carbocycles. The van der Waals surface area contributed by atoms with Crippen molar-refractivity contribution in [2.45, 2.75) is 45.3 Å². The highest BCUT2D eigenvalue weighted by Crippen LogP contribution is 2.16. The van der Waals surface area contributed by atoms with E-state index in [0.29, 0.717) is 23.9 Å². The molecule has 2 aromatic rings. The van der Waals surface area contributed by atoms with Crippen LogP contribution in [0, 0.1) is 0 Å². The molecule has 1 aliphatic heterocycles. The van der Waals surface area contributed by atoms with Gasteiger partial charge in [-0.1, -0.05) is 0 Å². The van der Waals surface area contributed by atoms with Crippen LogP contribution in [-0.2, 0) is 0 Å². The first-order chi connectivity index (χ1) is 13.8. The van der Waals surface area contributed by atoms with E-state index in [4.69, 9.17) is 21.8 Å². The van der Waals surface area contributed by atoms with Gasteiger partial charge in [-0.3, -0.25) is 0 Å². The Balaban J connectivity index is 1.44. The molecule has 0 radical (unpaired) electrons. The van der Waals surface area contributed by atoms with Crippen LogP contribution in [-0.4, -0.2) is 55.5 Å². The first-order valence-corrected chi connectivity index (χ1v) is 9.86. The highest BCUT2D eigenvalue weighted by Gasteiger charge is 2.25. The second-order valence-electron chi connectivity index (χ2n) is 7.80. The van der Waals surface area contributed by atoms with E-state index in [-0.39, 0.29) is 17.5 Å². The number of aromatic nitrogens is 3. The van der Waals surface area contributed by atoms with E-state index in [0.717, 1.165) is 12.8 Å². The number of thiocarbonyl (C=S) groups is 1. The molecule has 3 heterocycles. The Morgan fingerprint density at radius 1 is 1.28 bits per heavy atom. The van der Waals surface area contributed by atoms with Crippen molar-refractivity contribution >= 4 is 29.1 Å². The van der Waals surface area contributed by atoms with Crippen LogP contribution in [0.25, 0.3) is 0 Å². The molecule has 1 amide bonds. The highest BCUT2D eigenvalue weighted by molar-refractivity contribution is 7.80. The lowest BCUT2D eigenvalue weighted by Gasteiger charge is -2.30. The summed E-state index contributed by atoms with van der Waals surface area (Å²) in [7, 11) is 0. The van der Waals surface area contributed by atoms with Crippen LogP contribution in [0.1, 0.15) is 33.6 Å². The molecule has 2 aromatic heterocycles. The monoisotopic (exact) mass is 418 g/mol. The molecule has 0 atom stereocenters. The van der Waals surface area contributed by atoms with Crippen molar-refractivity contribution in [3.63, 3.8) is 0 Å². The molecule has 1 saturated heterocycles. The number of nitrogens with zero attached hydrogens (tertiary/aromatic N) is 4. The van der Waals surface area contributed by atoms with Gasteiger partial charge in [0, 0.05) is 43.7 Å². The van der Waals surface area contributed by atoms with E-state index in [9.17, 15) is 4.79 Å². The van der Waals surface area contributed by atoms with Gasteiger partial charge in [-0.2, -0.15) is 4.73 Å². The number of rotatable bonds is 4. The molecule has 0 saturated carbocycles. The van der Waals surface area contributed by atoms with E-state index in [2.05, 4.69) is 20.6 Å². The van der Waals surface area contributed by atoms with Gasteiger partial charge < -0.3 is 25.1 Å². The van der Waals surface area contributed by atoms with Crippen LogP contribution in [0.3, 0.4) is 0 Å². The molecular weight excluding hydrogens is 392 g/mol. The third-order valence-electron chi connectivity index (χ3n) is 4.13. The SMILES string of the molecule is CC(C)(C)NC(=S)Nc1ccc(OC(=O)N2CCC(On3ccnc3)CC2)nc1. The highest BCUT2D eigenvalue weighted by atomic mass is 32.1. The molecule has 0 bridgehead atoms. The Labute approximate surface area is 175 Å². The number of anilines is 1. The quantitative estimate of drug-likeness (QED) is 0.732. The zero-order valence-corrected chi connectivity index (χ0v) is 17.6. The number of likely N-dealkylation sites (tertiary alicyclic amines) is 1. The number of hydrogen-bond donors (Lipinski definition) is 2. The number of ether oxygens (including phenoxy) is 1. The van der Waals surface area contributed by atoms with Gasteiger partial charge in [0.1, 0.15) is 12.4 Å². The topological polar surface area (TPSA) is 93.5 Å². The number of imidazole rings is 1. The van der Waals surface area contributed by atoms with Crippen molar-refractivity contribution in [1.29, 1.82) is 0 Å². The van der Waals surface area contributed by atoms with E-state index in [1.165, 1.54) is 0 Å². The van der Waals surface area contributed by atoms with Gasteiger partial charge in [0.05, 0.1) is 18.1 Å². The molecule has 1 aliphatic rings. The number of amides is 1. The minimum absolute atomic E-state index is 0.0438. The Bertz CT molecular complexity index is 811. The number of nitrogens with one attached hydrogen (secondary N) is 2. The summed E-state index contributed by atoms with van der Waals surface area (Å²) in [5.41, 5.74) is 0.577. The van der Waals surface area contributed by atoms with Gasteiger partial charge in [0.25, 0.3) is 0 Å². The average Bonchev–Trinajstić information content (AvgIpc) is 3.15. The average molecular weight is 419 g/mol. The third kappa shape index (κ3) is 6.60. The lowest BCUT2D eigenvalue weighted by atomic mass is 10.1. The largest absolute Gasteiger partial charge is 0.416 e. The molecule has 156 valence electrons. The Kier molecular flexibility index (Phi) is 6.53. The summed E-state index contributed by atoms with van der Waals surface area (Å²) in [4.78, 5) is 27.9. The minimum atomic E-state index is -0.413. The molecule has 29 heavy (non-hydrogen) atoms. The summed E-state index contributed by atoms with van der Waals surface area (Å²) < 4.78 is 6.96. The summed E-state index contributed by atoms with van der Waals surface area (Å²) in [6.07, 6.45) is 7.67. The summed E-state index contributed by atoms with van der Waals surface area (Å²) >= 11 is 5.26. The van der Waals surface area contributed by atoms with Crippen LogP contribution in [0.2, 0.25) is 0 Å². The van der Waals surface area contributed by atoms with Crippen LogP contribution >= 0.6 is 12.2 Å². The molecule has 0 unspecified atom stereocenters. The molecule has 10 heteroatoms. The maximum atomic E-state index is 12.4. The first kappa shape index (κ1) is 20.8. The van der Waals surface area contributed by atoms with Crippen LogP contribution in [0.4, 0.5) is 10.5 Å². The zero-order chi connectivity index (χ0) is 20.9. The summed E-state index contributed by atoms with van der Waals surface area (Å²) in [6.45, 7) is 7.19. The van der Waals surface area contributed by atoms with Crippen molar-refractivity contribution in [2.75, 3.05) is 18.4 Å². The zero-order valence-electron chi connectivity index (χ0n) is 16.8. The Hall–Kier alpha value is -2.88. The lowest BCUT2D eigenvalue weighted by molar-refractivity contribution is -0.000119. The summed E-state index contributed by atoms with van der Waals surface area (Å²) in [5.74, 6) is 0.243. The number of hydrogen-bond acceptors (Lipinski definition) is 6. The fraction of sp³-hybridized carbons (Fsp3) is 0.474. The second kappa shape index (κ2) is 9.08. The molecule has 3 rings (SSSR count). The number of piperidine rings is 1. The molecule has 2 N–H and O–H groups in total. The molecule has 0 spiro atoms. The Morgan fingerprint density at radius 2 is 2.03 bits per heavy atom. The predicted molar refractivity (Wildman–Crippen MR) is 113 cm³/mol. The van der Waals surface area contributed by atoms with Gasteiger partial charge >= 0.3 is 6.09 Å². The van der Waals surface area contributed by atoms with E-state index in [1.807, 2.05) is 20.8 Å². The van der Waals surface area contributed by atoms with Gasteiger partial charge in [0.15, 0.2) is 5.11 Å². The molecule has 1 fully saturated rings. The van der Waals surface area contributed by atoms with E-state index < -0.39 is 6.09 Å². The molecule has 9 nitrogen and oxygen atoms in total. The third-order valence-corrected chi connectivity index (χ3v) is 4.33. The van der Waals surface area contributed by atoms with Crippen molar-refractivity contribution in [2.24, 2.45) is 0 Å². The number of carbonyl (C=O) groups excluding carboxylic acids is 1. The van der Waals surface area contributed by atoms with E-state index in [1.54, 1.807) is 46.7 Å². The smallest absolute Gasteiger partial charge is 0.410 e. The summed E-state index contributed by atoms with van der Waals surface area (Å²) in [5, 5.41) is 6.72. The maximum Gasteiger partial charge on any atom is 0.416 e. The predicted octanol–water partition coefficient (Wildman–Crippen LogP) is 2.46. The van der Waals surface area contributed by atoms with Crippen LogP contribution in [0.15, 0.2) is 37.1 Å². The summed E-state index contributed by atoms with van der Waals surface area (Å²) in [6, 6.07) is 3.40. The minimum Gasteiger partial charge on any atom is -0.410 e. The Morgan fingerprint density at radius 3 is 2.62 bits per heavy atom. The van der Waals surface area contributed by atoms with Crippen molar-refractivity contribution in [1.82, 2.24) is 24.9 Å². The van der Waals surface area contributed by atoms with Gasteiger partial charge in [-0.25, -0.2) is 14.8 Å². The van der Waals surface area contributed by atoms with E-state index >= 15 is 0 Å². The van der Waals surface area contributed by atoms with Crippen molar-refractivity contribution < 1.29 is 14.4 Å². The number of pyridine rings is 1. The lowest BCUT2D eigenvalue weighted by Crippen LogP contribution is -2.44. The standard InChI is InChI=1S/C19H26N6O3S/c1-19(2,3)23-17(29)22-14-4-5-16(21-12-14)27-18(26)24-9-6-15(7-10-24)28-25-11-8-20-13-25/h4-5,8,11-13,15H,6-7,9-10H2,1-3H3,(H2,22,23,29). The van der Waals surface area contributed by atoms with Crippen molar-refractivity contribution in [3.8, 4) is 5.88 Å². The van der Waals surface area contributed by atoms with Crippen LogP contribution in [0.5, 0.6) is 5.88 Å². The van der Waals surface area contributed by atoms with Gasteiger partial charge in [-0.15, -0.1) is 0 Å². The second-order valence-corrected chi connectivity index (χ2v) is 8.20.